The fourth-order valence-electron chi connectivity index (χ4n) is 3.23. The minimum atomic E-state index is -0.561. The number of rotatable bonds is 7. The Morgan fingerprint density at radius 3 is 2.71 bits per heavy atom. The van der Waals surface area contributed by atoms with Gasteiger partial charge in [0.25, 0.3) is 0 Å². The number of nitrogens with one attached hydrogen (secondary N) is 1. The quantitative estimate of drug-likeness (QED) is 0.821. The summed E-state index contributed by atoms with van der Waals surface area (Å²) in [6.07, 6.45) is 3.69. The summed E-state index contributed by atoms with van der Waals surface area (Å²) in [4.78, 5) is 4.63. The van der Waals surface area contributed by atoms with Gasteiger partial charge in [0.2, 0.25) is 0 Å². The number of nitrogens with zero attached hydrogens (tertiary/aromatic N) is 1. The Labute approximate surface area is 143 Å². The fraction of sp³-hybridized carbons (Fsp3) is 0.450. The molecule has 1 aliphatic rings. The minimum Gasteiger partial charge on any atom is -0.497 e. The van der Waals surface area contributed by atoms with Crippen LogP contribution in [0.15, 0.2) is 36.4 Å². The summed E-state index contributed by atoms with van der Waals surface area (Å²) in [6, 6.07) is 12.5. The smallest absolute Gasteiger partial charge is 0.118 e. The summed E-state index contributed by atoms with van der Waals surface area (Å²) in [5.74, 6) is 0.873. The normalized spacial score (nSPS) is 15.8. The highest BCUT2D eigenvalue weighted by molar-refractivity contribution is 5.28. The first-order chi connectivity index (χ1) is 11.7. The second kappa shape index (κ2) is 7.77. The van der Waals surface area contributed by atoms with E-state index in [-0.39, 0.29) is 6.04 Å². The van der Waals surface area contributed by atoms with Crippen LogP contribution in [0, 0.1) is 0 Å². The fourth-order valence-corrected chi connectivity index (χ4v) is 3.23. The topological polar surface area (TPSA) is 54.4 Å². The summed E-state index contributed by atoms with van der Waals surface area (Å²) < 4.78 is 5.18. The lowest BCUT2D eigenvalue weighted by atomic mass is 10.1. The number of aliphatic hydroxyl groups excluding tert-OH is 1. The standard InChI is InChI=1S/C20H26N2O2/c1-14(12-15-6-9-17(24-2)10-7-15)21-13-20(23)19-11-8-16-4-3-5-18(16)22-19/h6-11,14,20-21,23H,3-5,12-13H2,1-2H3/t14-,20+/m1/s1. The summed E-state index contributed by atoms with van der Waals surface area (Å²) >= 11 is 0. The van der Waals surface area contributed by atoms with Crippen LogP contribution in [-0.4, -0.2) is 29.8 Å². The number of aliphatic hydroxyl groups is 1. The van der Waals surface area contributed by atoms with E-state index >= 15 is 0 Å². The second-order valence-electron chi connectivity index (χ2n) is 6.57. The van der Waals surface area contributed by atoms with E-state index in [0.717, 1.165) is 36.4 Å². The zero-order valence-corrected chi connectivity index (χ0v) is 14.5. The minimum absolute atomic E-state index is 0.280. The molecule has 4 nitrogen and oxygen atoms in total. The van der Waals surface area contributed by atoms with Gasteiger partial charge in [-0.1, -0.05) is 18.2 Å². The molecule has 2 aromatic rings. The van der Waals surface area contributed by atoms with Crippen molar-refractivity contribution in [1.29, 1.82) is 0 Å². The Kier molecular flexibility index (Phi) is 5.48. The summed E-state index contributed by atoms with van der Waals surface area (Å²) in [7, 11) is 1.67. The molecule has 0 unspecified atom stereocenters. The molecule has 4 heteroatoms. The van der Waals surface area contributed by atoms with Crippen LogP contribution in [0.3, 0.4) is 0 Å². The number of hydrogen-bond donors (Lipinski definition) is 2. The molecule has 0 saturated carbocycles. The van der Waals surface area contributed by atoms with Gasteiger partial charge in [0.1, 0.15) is 11.9 Å². The molecular weight excluding hydrogens is 300 g/mol. The van der Waals surface area contributed by atoms with Gasteiger partial charge in [-0.3, -0.25) is 4.98 Å². The van der Waals surface area contributed by atoms with Crippen LogP contribution in [0.2, 0.25) is 0 Å². The third kappa shape index (κ3) is 4.13. The number of pyridine rings is 1. The first kappa shape index (κ1) is 16.9. The lowest BCUT2D eigenvalue weighted by Crippen LogP contribution is -2.32. The Morgan fingerprint density at radius 2 is 1.96 bits per heavy atom. The second-order valence-corrected chi connectivity index (χ2v) is 6.57. The van der Waals surface area contributed by atoms with Crippen molar-refractivity contribution >= 4 is 0 Å². The largest absolute Gasteiger partial charge is 0.497 e. The number of ether oxygens (including phenoxy) is 1. The molecule has 0 bridgehead atoms. The first-order valence-electron chi connectivity index (χ1n) is 8.69. The zero-order valence-electron chi connectivity index (χ0n) is 14.5. The average Bonchev–Trinajstić information content (AvgIpc) is 3.08. The van der Waals surface area contributed by atoms with Gasteiger partial charge in [-0.15, -0.1) is 0 Å². The van der Waals surface area contributed by atoms with Gasteiger partial charge in [0.05, 0.1) is 12.8 Å². The van der Waals surface area contributed by atoms with E-state index in [1.54, 1.807) is 7.11 Å². The molecule has 24 heavy (non-hydrogen) atoms. The molecule has 1 aromatic carbocycles. The molecule has 1 heterocycles. The van der Waals surface area contributed by atoms with Crippen molar-refractivity contribution in [2.24, 2.45) is 0 Å². The third-order valence-corrected chi connectivity index (χ3v) is 4.65. The van der Waals surface area contributed by atoms with Gasteiger partial charge in [-0.2, -0.15) is 0 Å². The Bertz CT molecular complexity index is 670. The molecule has 1 aliphatic carbocycles. The summed E-state index contributed by atoms with van der Waals surface area (Å²) in [6.45, 7) is 2.65. The van der Waals surface area contributed by atoms with E-state index < -0.39 is 6.10 Å². The first-order valence-corrected chi connectivity index (χ1v) is 8.69. The van der Waals surface area contributed by atoms with Crippen molar-refractivity contribution in [3.63, 3.8) is 0 Å². The van der Waals surface area contributed by atoms with E-state index in [2.05, 4.69) is 35.4 Å². The number of fused-ring (bicyclic) bond motifs is 1. The van der Waals surface area contributed by atoms with Crippen LogP contribution in [0.1, 0.15) is 42.0 Å². The lowest BCUT2D eigenvalue weighted by Gasteiger charge is -2.17. The molecule has 0 saturated heterocycles. The highest BCUT2D eigenvalue weighted by Gasteiger charge is 2.16. The van der Waals surface area contributed by atoms with E-state index in [4.69, 9.17) is 4.74 Å². The van der Waals surface area contributed by atoms with Gasteiger partial charge in [-0.25, -0.2) is 0 Å². The molecule has 128 valence electrons. The van der Waals surface area contributed by atoms with Gasteiger partial charge in [0, 0.05) is 18.3 Å². The summed E-state index contributed by atoms with van der Waals surface area (Å²) in [5, 5.41) is 13.8. The predicted octanol–water partition coefficient (Wildman–Crippen LogP) is 2.83. The molecule has 0 spiro atoms. The highest BCUT2D eigenvalue weighted by atomic mass is 16.5. The maximum absolute atomic E-state index is 10.4. The molecule has 2 N–H and O–H groups in total. The Hall–Kier alpha value is -1.91. The van der Waals surface area contributed by atoms with Crippen LogP contribution in [0.25, 0.3) is 0 Å². The van der Waals surface area contributed by atoms with Crippen LogP contribution >= 0.6 is 0 Å². The molecule has 3 rings (SSSR count). The van der Waals surface area contributed by atoms with Gasteiger partial charge >= 0.3 is 0 Å². The maximum atomic E-state index is 10.4. The van der Waals surface area contributed by atoms with Crippen LogP contribution in [0.5, 0.6) is 5.75 Å². The van der Waals surface area contributed by atoms with E-state index in [9.17, 15) is 5.11 Å². The van der Waals surface area contributed by atoms with Crippen molar-refractivity contribution in [2.75, 3.05) is 13.7 Å². The number of aromatic nitrogens is 1. The number of methoxy groups -OCH3 is 1. The van der Waals surface area contributed by atoms with E-state index in [0.29, 0.717) is 6.54 Å². The van der Waals surface area contributed by atoms with Crippen molar-refractivity contribution in [1.82, 2.24) is 10.3 Å². The SMILES string of the molecule is COc1ccc(C[C@@H](C)NC[C@H](O)c2ccc3c(n2)CCC3)cc1. The molecule has 1 aromatic heterocycles. The molecule has 0 aliphatic heterocycles. The Balaban J connectivity index is 1.50. The maximum Gasteiger partial charge on any atom is 0.118 e. The van der Waals surface area contributed by atoms with Gasteiger partial charge in [0.15, 0.2) is 0 Å². The highest BCUT2D eigenvalue weighted by Crippen LogP contribution is 2.22. The van der Waals surface area contributed by atoms with Gasteiger partial charge < -0.3 is 15.2 Å². The summed E-state index contributed by atoms with van der Waals surface area (Å²) in [5.41, 5.74) is 4.53. The average molecular weight is 326 g/mol. The molecule has 2 atom stereocenters. The van der Waals surface area contributed by atoms with Crippen molar-refractivity contribution in [3.05, 3.63) is 58.9 Å². The number of benzene rings is 1. The lowest BCUT2D eigenvalue weighted by molar-refractivity contribution is 0.166. The van der Waals surface area contributed by atoms with Crippen LogP contribution < -0.4 is 10.1 Å². The van der Waals surface area contributed by atoms with Crippen molar-refractivity contribution < 1.29 is 9.84 Å². The molecule has 0 amide bonds. The van der Waals surface area contributed by atoms with Crippen molar-refractivity contribution in [2.45, 2.75) is 44.8 Å². The third-order valence-electron chi connectivity index (χ3n) is 4.65. The van der Waals surface area contributed by atoms with E-state index in [1.807, 2.05) is 18.2 Å². The molecule has 0 radical (unpaired) electrons. The van der Waals surface area contributed by atoms with Gasteiger partial charge in [-0.05, 0) is 61.9 Å². The van der Waals surface area contributed by atoms with Crippen molar-refractivity contribution in [3.8, 4) is 5.75 Å². The number of aryl methyl sites for hydroxylation is 2. The Morgan fingerprint density at radius 1 is 1.17 bits per heavy atom. The van der Waals surface area contributed by atoms with E-state index in [1.165, 1.54) is 17.5 Å². The van der Waals surface area contributed by atoms with Crippen LogP contribution in [0.4, 0.5) is 0 Å². The van der Waals surface area contributed by atoms with Crippen LogP contribution in [-0.2, 0) is 19.3 Å². The predicted molar refractivity (Wildman–Crippen MR) is 95.4 cm³/mol. The number of hydrogen-bond acceptors (Lipinski definition) is 4. The zero-order chi connectivity index (χ0) is 16.9. The molecular formula is C20H26N2O2. The molecule has 0 fully saturated rings. The monoisotopic (exact) mass is 326 g/mol.